The Morgan fingerprint density at radius 2 is 1.39 bits per heavy atom. The molecule has 0 aliphatic heterocycles. The van der Waals surface area contributed by atoms with Gasteiger partial charge in [0.2, 0.25) is 0 Å². The monoisotopic (exact) mass is 234 g/mol. The van der Waals surface area contributed by atoms with E-state index in [9.17, 15) is 4.79 Å². The molecule has 4 rings (SSSR count). The second-order valence-electron chi connectivity index (χ2n) is 4.32. The van der Waals surface area contributed by atoms with Crippen LogP contribution >= 0.6 is 0 Å². The first-order valence-corrected chi connectivity index (χ1v) is 5.69. The molecule has 0 aromatic heterocycles. The van der Waals surface area contributed by atoms with Gasteiger partial charge < -0.3 is 0 Å². The second kappa shape index (κ2) is 3.30. The molecule has 0 atom stereocenters. The molecule has 1 nitrogen and oxygen atoms in total. The van der Waals surface area contributed by atoms with E-state index < -0.39 is 0 Å². The minimum atomic E-state index is -0.277. The number of hydrogen-bond acceptors (Lipinski definition) is 1. The van der Waals surface area contributed by atoms with E-state index in [0.717, 1.165) is 11.1 Å². The molecule has 0 fully saturated rings. The maximum absolute atomic E-state index is 12.5. The van der Waals surface area contributed by atoms with Gasteiger partial charge in [-0.3, -0.25) is 4.79 Å². The molecule has 0 saturated heterocycles. The van der Waals surface area contributed by atoms with Crippen molar-refractivity contribution < 1.29 is 10.3 Å². The molecule has 0 spiro atoms. The summed E-state index contributed by atoms with van der Waals surface area (Å²) < 4.78 is 31.6. The molecule has 1 aliphatic rings. The first kappa shape index (κ1) is 6.50. The third-order valence-electron chi connectivity index (χ3n) is 3.32. The lowest BCUT2D eigenvalue weighted by atomic mass is 10.0. The van der Waals surface area contributed by atoms with Crippen LogP contribution in [0.1, 0.15) is 21.4 Å². The average Bonchev–Trinajstić information content (AvgIpc) is 2.82. The molecule has 0 bridgehead atoms. The molecule has 1 aliphatic carbocycles. The Labute approximate surface area is 110 Å². The van der Waals surface area contributed by atoms with Crippen LogP contribution in [0.2, 0.25) is 0 Å². The van der Waals surface area contributed by atoms with Crippen LogP contribution in [0.25, 0.3) is 21.9 Å². The molecule has 18 heavy (non-hydrogen) atoms. The summed E-state index contributed by atoms with van der Waals surface area (Å²) in [5.74, 6) is -0.0973. The zero-order valence-corrected chi connectivity index (χ0v) is 9.37. The highest BCUT2D eigenvalue weighted by atomic mass is 16.1. The standard InChI is InChI=1S/C17H10O/c18-17-14-8-4-3-7-13(14)15-9-11-5-1-2-6-12(11)10-16(15)17/h1-10H/i1D,2D,5D,6D. The SMILES string of the molecule is [2H]c1c([2H])c([2H])c2cc3c(cc2c1[2H])C(=O)c1ccccc1-3. The van der Waals surface area contributed by atoms with E-state index in [1.807, 2.05) is 12.1 Å². The van der Waals surface area contributed by atoms with Gasteiger partial charge in [-0.2, -0.15) is 0 Å². The molecular formula is C17H10O. The van der Waals surface area contributed by atoms with Crippen LogP contribution < -0.4 is 0 Å². The number of fused-ring (bicyclic) bond motifs is 4. The zero-order valence-electron chi connectivity index (χ0n) is 13.4. The van der Waals surface area contributed by atoms with E-state index in [-0.39, 0.29) is 30.0 Å². The van der Waals surface area contributed by atoms with Gasteiger partial charge in [0.15, 0.2) is 5.78 Å². The Morgan fingerprint density at radius 3 is 2.11 bits per heavy atom. The van der Waals surface area contributed by atoms with Crippen LogP contribution in [0.15, 0.2) is 60.6 Å². The van der Waals surface area contributed by atoms with Crippen molar-refractivity contribution in [2.24, 2.45) is 0 Å². The number of benzene rings is 3. The number of ketones is 1. The van der Waals surface area contributed by atoms with Gasteiger partial charge >= 0.3 is 0 Å². The number of carbonyl (C=O) groups excluding carboxylic acids is 1. The fourth-order valence-electron chi connectivity index (χ4n) is 2.48. The highest BCUT2D eigenvalue weighted by molar-refractivity contribution is 6.23. The quantitative estimate of drug-likeness (QED) is 0.448. The summed E-state index contributed by atoms with van der Waals surface area (Å²) >= 11 is 0. The van der Waals surface area contributed by atoms with Gasteiger partial charge in [0.05, 0.1) is 5.48 Å². The fourth-order valence-corrected chi connectivity index (χ4v) is 2.48. The van der Waals surface area contributed by atoms with E-state index in [2.05, 4.69) is 0 Å². The molecule has 84 valence electrons. The number of carbonyl (C=O) groups is 1. The smallest absolute Gasteiger partial charge is 0.194 e. The average molecular weight is 234 g/mol. The predicted molar refractivity (Wildman–Crippen MR) is 72.8 cm³/mol. The molecule has 0 N–H and O–H groups in total. The van der Waals surface area contributed by atoms with Crippen molar-refractivity contribution in [3.8, 4) is 11.1 Å². The highest BCUT2D eigenvalue weighted by Gasteiger charge is 2.26. The van der Waals surface area contributed by atoms with Gasteiger partial charge in [0.25, 0.3) is 0 Å². The summed E-state index contributed by atoms with van der Waals surface area (Å²) in [7, 11) is 0. The summed E-state index contributed by atoms with van der Waals surface area (Å²) in [4.78, 5) is 12.5. The maximum atomic E-state index is 12.5. The Balaban J connectivity index is 2.17. The summed E-state index contributed by atoms with van der Waals surface area (Å²) in [5.41, 5.74) is 2.66. The largest absolute Gasteiger partial charge is 0.289 e. The predicted octanol–water partition coefficient (Wildman–Crippen LogP) is 4.05. The molecule has 0 heterocycles. The van der Waals surface area contributed by atoms with Crippen LogP contribution in [-0.4, -0.2) is 5.78 Å². The highest BCUT2D eigenvalue weighted by Crippen LogP contribution is 2.38. The zero-order chi connectivity index (χ0) is 15.6. The van der Waals surface area contributed by atoms with E-state index in [0.29, 0.717) is 21.9 Å². The van der Waals surface area contributed by atoms with Gasteiger partial charge in [-0.25, -0.2) is 0 Å². The molecule has 0 saturated carbocycles. The minimum absolute atomic E-state index is 0.0735. The Kier molecular flexibility index (Phi) is 1.19. The Bertz CT molecular complexity index is 992. The first-order valence-electron chi connectivity index (χ1n) is 7.69. The summed E-state index contributed by atoms with van der Waals surface area (Å²) in [5, 5.41) is 0.820. The van der Waals surface area contributed by atoms with Crippen molar-refractivity contribution in [2.45, 2.75) is 0 Å². The Morgan fingerprint density at radius 1 is 0.778 bits per heavy atom. The third kappa shape index (κ3) is 1.13. The lowest BCUT2D eigenvalue weighted by Crippen LogP contribution is -1.94. The van der Waals surface area contributed by atoms with Gasteiger partial charge in [-0.05, 0) is 34.0 Å². The van der Waals surface area contributed by atoms with E-state index in [1.54, 1.807) is 24.3 Å². The van der Waals surface area contributed by atoms with Crippen molar-refractivity contribution in [1.29, 1.82) is 0 Å². The second-order valence-corrected chi connectivity index (χ2v) is 4.32. The van der Waals surface area contributed by atoms with Crippen LogP contribution in [0.3, 0.4) is 0 Å². The molecule has 0 radical (unpaired) electrons. The van der Waals surface area contributed by atoms with E-state index in [1.165, 1.54) is 0 Å². The van der Waals surface area contributed by atoms with Crippen molar-refractivity contribution in [1.82, 2.24) is 0 Å². The number of rotatable bonds is 0. The van der Waals surface area contributed by atoms with Gasteiger partial charge in [-0.15, -0.1) is 0 Å². The molecule has 3 aromatic rings. The maximum Gasteiger partial charge on any atom is 0.194 e. The summed E-state index contributed by atoms with van der Waals surface area (Å²) in [6.45, 7) is 0. The van der Waals surface area contributed by atoms with Crippen LogP contribution in [0.4, 0.5) is 0 Å². The lowest BCUT2D eigenvalue weighted by Gasteiger charge is -2.02. The van der Waals surface area contributed by atoms with Crippen molar-refractivity contribution in [2.75, 3.05) is 0 Å². The number of hydrogen-bond donors (Lipinski definition) is 0. The normalized spacial score (nSPS) is 15.7. The third-order valence-corrected chi connectivity index (χ3v) is 3.32. The van der Waals surface area contributed by atoms with Crippen molar-refractivity contribution in [3.63, 3.8) is 0 Å². The van der Waals surface area contributed by atoms with Crippen LogP contribution in [-0.2, 0) is 0 Å². The fraction of sp³-hybridized carbons (Fsp3) is 0. The lowest BCUT2D eigenvalue weighted by molar-refractivity contribution is 0.104. The van der Waals surface area contributed by atoms with E-state index >= 15 is 0 Å². The van der Waals surface area contributed by atoms with Gasteiger partial charge in [0, 0.05) is 11.1 Å². The molecule has 3 aromatic carbocycles. The van der Waals surface area contributed by atoms with Gasteiger partial charge in [-0.1, -0.05) is 48.4 Å². The summed E-state index contributed by atoms with van der Waals surface area (Å²) in [6.07, 6.45) is 0. The molecule has 0 unspecified atom stereocenters. The minimum Gasteiger partial charge on any atom is -0.289 e. The van der Waals surface area contributed by atoms with Crippen LogP contribution in [0.5, 0.6) is 0 Å². The molecule has 0 amide bonds. The van der Waals surface area contributed by atoms with Gasteiger partial charge in [0.1, 0.15) is 0 Å². The van der Waals surface area contributed by atoms with Crippen molar-refractivity contribution in [3.05, 3.63) is 71.7 Å². The Hall–Kier alpha value is -2.41. The van der Waals surface area contributed by atoms with Crippen LogP contribution in [0, 0.1) is 0 Å². The van der Waals surface area contributed by atoms with E-state index in [4.69, 9.17) is 5.48 Å². The molecular weight excluding hydrogens is 220 g/mol. The molecule has 1 heteroatoms. The summed E-state index contributed by atoms with van der Waals surface area (Å²) in [6, 6.07) is 9.85. The topological polar surface area (TPSA) is 17.1 Å². The first-order chi connectivity index (χ1) is 10.5. The van der Waals surface area contributed by atoms with Crippen molar-refractivity contribution >= 4 is 16.6 Å².